The molecule has 0 amide bonds. The Kier molecular flexibility index (Phi) is 6.22. The lowest BCUT2D eigenvalue weighted by molar-refractivity contribution is 0.203. The van der Waals surface area contributed by atoms with Gasteiger partial charge in [-0.3, -0.25) is 9.67 Å². The van der Waals surface area contributed by atoms with E-state index in [0.717, 1.165) is 25.6 Å². The molecule has 26 heavy (non-hydrogen) atoms. The summed E-state index contributed by atoms with van der Waals surface area (Å²) in [5.41, 5.74) is 1.78. The van der Waals surface area contributed by atoms with Crippen LogP contribution in [0.1, 0.15) is 57.1 Å². The molecule has 1 saturated carbocycles. The van der Waals surface area contributed by atoms with E-state index in [1.165, 1.54) is 50.6 Å². The molecule has 1 spiro atoms. The Morgan fingerprint density at radius 3 is 2.69 bits per heavy atom. The Morgan fingerprint density at radius 1 is 1.31 bits per heavy atom. The van der Waals surface area contributed by atoms with E-state index in [1.807, 2.05) is 17.9 Å². The minimum absolute atomic E-state index is 0.253. The summed E-state index contributed by atoms with van der Waals surface area (Å²) in [5, 5.41) is 7.87. The second-order valence-electron chi connectivity index (χ2n) is 8.35. The lowest BCUT2D eigenvalue weighted by Gasteiger charge is -2.33. The van der Waals surface area contributed by atoms with Gasteiger partial charge in [0, 0.05) is 38.4 Å². The summed E-state index contributed by atoms with van der Waals surface area (Å²) < 4.78 is 1.87. The largest absolute Gasteiger partial charge is 0.357 e. The zero-order valence-electron chi connectivity index (χ0n) is 17.0. The highest BCUT2D eigenvalue weighted by Gasteiger charge is 2.39. The van der Waals surface area contributed by atoms with Crippen molar-refractivity contribution in [1.82, 2.24) is 24.9 Å². The van der Waals surface area contributed by atoms with Crippen LogP contribution in [-0.4, -0.2) is 65.8 Å². The molecule has 2 aliphatic rings. The number of guanidine groups is 1. The van der Waals surface area contributed by atoms with Gasteiger partial charge in [0.05, 0.1) is 18.8 Å². The molecule has 1 atom stereocenters. The molecule has 1 aliphatic carbocycles. The van der Waals surface area contributed by atoms with Gasteiger partial charge in [-0.15, -0.1) is 0 Å². The number of aryl methyl sites for hydroxylation is 1. The van der Waals surface area contributed by atoms with Crippen molar-refractivity contribution in [3.63, 3.8) is 0 Å². The maximum atomic E-state index is 5.03. The SMILES string of the molecule is CCNC(=NCC(c1cnn(C)c1)N(C)C)N1CCC2(CCCCC2)C1. The summed E-state index contributed by atoms with van der Waals surface area (Å²) >= 11 is 0. The van der Waals surface area contributed by atoms with Gasteiger partial charge in [-0.25, -0.2) is 0 Å². The van der Waals surface area contributed by atoms with Crippen LogP contribution in [0.3, 0.4) is 0 Å². The first-order valence-corrected chi connectivity index (χ1v) is 10.2. The monoisotopic (exact) mass is 360 g/mol. The number of aliphatic imine (C=N–C) groups is 1. The first-order chi connectivity index (χ1) is 12.5. The average Bonchev–Trinajstić information content (AvgIpc) is 3.22. The zero-order valence-corrected chi connectivity index (χ0v) is 17.0. The standard InChI is InChI=1S/C20H36N6/c1-5-21-19(26-12-11-20(16-26)9-7-6-8-10-20)22-14-18(24(2)3)17-13-23-25(4)15-17/h13,15,18H,5-12,14,16H2,1-4H3,(H,21,22). The topological polar surface area (TPSA) is 48.7 Å². The van der Waals surface area contributed by atoms with Gasteiger partial charge in [0.2, 0.25) is 0 Å². The van der Waals surface area contributed by atoms with E-state index < -0.39 is 0 Å². The Balaban J connectivity index is 1.70. The van der Waals surface area contributed by atoms with E-state index in [1.54, 1.807) is 0 Å². The van der Waals surface area contributed by atoms with Gasteiger partial charge >= 0.3 is 0 Å². The van der Waals surface area contributed by atoms with E-state index >= 15 is 0 Å². The third-order valence-corrected chi connectivity index (χ3v) is 6.13. The first-order valence-electron chi connectivity index (χ1n) is 10.2. The van der Waals surface area contributed by atoms with Crippen LogP contribution in [0.4, 0.5) is 0 Å². The summed E-state index contributed by atoms with van der Waals surface area (Å²) in [6, 6.07) is 0.253. The van der Waals surface area contributed by atoms with Gasteiger partial charge in [-0.05, 0) is 45.7 Å². The molecule has 3 rings (SSSR count). The average molecular weight is 361 g/mol. The van der Waals surface area contributed by atoms with Gasteiger partial charge in [0.15, 0.2) is 5.96 Å². The van der Waals surface area contributed by atoms with E-state index in [-0.39, 0.29) is 6.04 Å². The molecule has 146 valence electrons. The number of hydrogen-bond acceptors (Lipinski definition) is 3. The quantitative estimate of drug-likeness (QED) is 0.648. The van der Waals surface area contributed by atoms with Crippen molar-refractivity contribution in [1.29, 1.82) is 0 Å². The summed E-state index contributed by atoms with van der Waals surface area (Å²) in [4.78, 5) is 9.77. The van der Waals surface area contributed by atoms with Crippen LogP contribution in [0.25, 0.3) is 0 Å². The van der Waals surface area contributed by atoms with Crippen LogP contribution >= 0.6 is 0 Å². The molecule has 2 heterocycles. The Hall–Kier alpha value is -1.56. The van der Waals surface area contributed by atoms with Crippen LogP contribution < -0.4 is 5.32 Å². The fourth-order valence-corrected chi connectivity index (χ4v) is 4.60. The summed E-state index contributed by atoms with van der Waals surface area (Å²) in [6.45, 7) is 6.16. The van der Waals surface area contributed by atoms with Crippen molar-refractivity contribution in [2.45, 2.75) is 51.5 Å². The van der Waals surface area contributed by atoms with Crippen molar-refractivity contribution < 1.29 is 0 Å². The van der Waals surface area contributed by atoms with E-state index in [0.29, 0.717) is 5.41 Å². The number of likely N-dealkylation sites (tertiary alicyclic amines) is 1. The normalized spacial score (nSPS) is 21.6. The van der Waals surface area contributed by atoms with Crippen molar-refractivity contribution in [3.05, 3.63) is 18.0 Å². The molecule has 1 saturated heterocycles. The highest BCUT2D eigenvalue weighted by molar-refractivity contribution is 5.80. The van der Waals surface area contributed by atoms with Crippen LogP contribution in [0.2, 0.25) is 0 Å². The minimum atomic E-state index is 0.253. The van der Waals surface area contributed by atoms with Crippen LogP contribution in [0, 0.1) is 5.41 Å². The van der Waals surface area contributed by atoms with Gasteiger partial charge < -0.3 is 15.1 Å². The first kappa shape index (κ1) is 19.2. The summed E-state index contributed by atoms with van der Waals surface area (Å²) in [6.07, 6.45) is 12.4. The second-order valence-corrected chi connectivity index (χ2v) is 8.35. The Bertz CT molecular complexity index is 599. The fraction of sp³-hybridized carbons (Fsp3) is 0.800. The molecule has 1 aromatic heterocycles. The van der Waals surface area contributed by atoms with E-state index in [9.17, 15) is 0 Å². The molecule has 0 radical (unpaired) electrons. The second kappa shape index (κ2) is 8.42. The van der Waals surface area contributed by atoms with Crippen molar-refractivity contribution >= 4 is 5.96 Å². The highest BCUT2D eigenvalue weighted by Crippen LogP contribution is 2.43. The Labute approximate surface area is 158 Å². The van der Waals surface area contributed by atoms with Crippen LogP contribution in [0.15, 0.2) is 17.4 Å². The Morgan fingerprint density at radius 2 is 2.08 bits per heavy atom. The highest BCUT2D eigenvalue weighted by atomic mass is 15.3. The number of aromatic nitrogens is 2. The zero-order chi connectivity index (χ0) is 18.6. The maximum absolute atomic E-state index is 5.03. The van der Waals surface area contributed by atoms with Gasteiger partial charge in [0.1, 0.15) is 0 Å². The number of nitrogens with one attached hydrogen (secondary N) is 1. The van der Waals surface area contributed by atoms with Crippen LogP contribution in [0.5, 0.6) is 0 Å². The van der Waals surface area contributed by atoms with Gasteiger partial charge in [-0.1, -0.05) is 19.3 Å². The lowest BCUT2D eigenvalue weighted by Crippen LogP contribution is -2.42. The molecular weight excluding hydrogens is 324 g/mol. The number of hydrogen-bond donors (Lipinski definition) is 1. The third-order valence-electron chi connectivity index (χ3n) is 6.13. The molecule has 1 aliphatic heterocycles. The summed E-state index contributed by atoms with van der Waals surface area (Å²) in [5.74, 6) is 1.09. The molecule has 0 bridgehead atoms. The number of nitrogens with zero attached hydrogens (tertiary/aromatic N) is 5. The van der Waals surface area contributed by atoms with Crippen molar-refractivity contribution in [3.8, 4) is 0 Å². The molecule has 6 nitrogen and oxygen atoms in total. The molecule has 2 fully saturated rings. The maximum Gasteiger partial charge on any atom is 0.194 e. The summed E-state index contributed by atoms with van der Waals surface area (Å²) in [7, 11) is 6.21. The predicted octanol–water partition coefficient (Wildman–Crippen LogP) is 2.64. The molecule has 0 aromatic carbocycles. The molecule has 6 heteroatoms. The van der Waals surface area contributed by atoms with Crippen molar-refractivity contribution in [2.24, 2.45) is 17.5 Å². The molecule has 1 unspecified atom stereocenters. The van der Waals surface area contributed by atoms with Crippen LogP contribution in [-0.2, 0) is 7.05 Å². The lowest BCUT2D eigenvalue weighted by atomic mass is 9.73. The fourth-order valence-electron chi connectivity index (χ4n) is 4.60. The van der Waals surface area contributed by atoms with E-state index in [2.05, 4.69) is 47.4 Å². The third kappa shape index (κ3) is 4.40. The van der Waals surface area contributed by atoms with Crippen molar-refractivity contribution in [2.75, 3.05) is 40.3 Å². The van der Waals surface area contributed by atoms with Gasteiger partial charge in [-0.2, -0.15) is 5.10 Å². The molecule has 1 N–H and O–H groups in total. The van der Waals surface area contributed by atoms with E-state index in [4.69, 9.17) is 4.99 Å². The minimum Gasteiger partial charge on any atom is -0.357 e. The molecule has 1 aromatic rings. The van der Waals surface area contributed by atoms with Gasteiger partial charge in [0.25, 0.3) is 0 Å². The molecular formula is C20H36N6. The smallest absolute Gasteiger partial charge is 0.194 e. The number of likely N-dealkylation sites (N-methyl/N-ethyl adjacent to an activating group) is 1. The predicted molar refractivity (Wildman–Crippen MR) is 107 cm³/mol. The number of rotatable bonds is 5.